The number of anilines is 1. The van der Waals surface area contributed by atoms with Gasteiger partial charge < -0.3 is 14.2 Å². The van der Waals surface area contributed by atoms with Crippen LogP contribution in [0.2, 0.25) is 0 Å². The van der Waals surface area contributed by atoms with Gasteiger partial charge in [-0.1, -0.05) is 0 Å². The van der Waals surface area contributed by atoms with Crippen molar-refractivity contribution >= 4 is 22.4 Å². The third-order valence-corrected chi connectivity index (χ3v) is 4.53. The fourth-order valence-electron chi connectivity index (χ4n) is 2.45. The number of hydrogen-bond donors (Lipinski definition) is 1. The Hall–Kier alpha value is -3.57. The molecule has 3 aromatic rings. The second kappa shape index (κ2) is 7.35. The molecular formula is C19H13N3O4S. The van der Waals surface area contributed by atoms with E-state index in [9.17, 15) is 4.79 Å². The molecule has 134 valence electrons. The number of nitriles is 1. The van der Waals surface area contributed by atoms with Gasteiger partial charge in [-0.3, -0.25) is 10.1 Å². The number of carbonyl (C=O) groups is 1. The zero-order valence-corrected chi connectivity index (χ0v) is 14.8. The number of benzene rings is 2. The molecule has 0 spiro atoms. The van der Waals surface area contributed by atoms with Gasteiger partial charge in [0.05, 0.1) is 17.3 Å². The van der Waals surface area contributed by atoms with Crippen LogP contribution in [0.25, 0.3) is 11.3 Å². The molecule has 1 amide bonds. The third kappa shape index (κ3) is 3.83. The van der Waals surface area contributed by atoms with E-state index in [4.69, 9.17) is 19.5 Å². The molecule has 0 saturated carbocycles. The van der Waals surface area contributed by atoms with Crippen LogP contribution in [0.1, 0.15) is 5.56 Å². The molecule has 0 bridgehead atoms. The summed E-state index contributed by atoms with van der Waals surface area (Å²) in [6, 6.07) is 14.2. The summed E-state index contributed by atoms with van der Waals surface area (Å²) in [6.45, 7) is 0.0707. The van der Waals surface area contributed by atoms with E-state index in [1.54, 1.807) is 24.3 Å². The predicted molar refractivity (Wildman–Crippen MR) is 99.0 cm³/mol. The van der Waals surface area contributed by atoms with Crippen molar-refractivity contribution < 1.29 is 19.0 Å². The second-order valence-electron chi connectivity index (χ2n) is 5.58. The van der Waals surface area contributed by atoms with Crippen molar-refractivity contribution in [3.05, 3.63) is 53.4 Å². The van der Waals surface area contributed by atoms with E-state index in [1.165, 1.54) is 11.3 Å². The number of thiazole rings is 1. The normalized spacial score (nSPS) is 11.7. The van der Waals surface area contributed by atoms with E-state index in [1.807, 2.05) is 29.6 Å². The smallest absolute Gasteiger partial charge is 0.264 e. The second-order valence-corrected chi connectivity index (χ2v) is 6.44. The fraction of sp³-hybridized carbons (Fsp3) is 0.105. The van der Waals surface area contributed by atoms with Crippen LogP contribution in [0.15, 0.2) is 47.8 Å². The Bertz CT molecular complexity index is 1020. The predicted octanol–water partition coefficient (Wildman–Crippen LogP) is 3.43. The van der Waals surface area contributed by atoms with Crippen LogP contribution in [-0.4, -0.2) is 24.3 Å². The van der Waals surface area contributed by atoms with Gasteiger partial charge in [-0.25, -0.2) is 4.98 Å². The lowest BCUT2D eigenvalue weighted by Gasteiger charge is -2.05. The lowest BCUT2D eigenvalue weighted by atomic mass is 10.1. The topological polar surface area (TPSA) is 93.5 Å². The molecule has 0 atom stereocenters. The number of amides is 1. The van der Waals surface area contributed by atoms with Crippen molar-refractivity contribution in [3.63, 3.8) is 0 Å². The van der Waals surface area contributed by atoms with Gasteiger partial charge in [0.1, 0.15) is 5.75 Å². The lowest BCUT2D eigenvalue weighted by molar-refractivity contribution is -0.118. The maximum Gasteiger partial charge on any atom is 0.264 e. The van der Waals surface area contributed by atoms with E-state index in [-0.39, 0.29) is 19.3 Å². The van der Waals surface area contributed by atoms with Crippen molar-refractivity contribution in [2.45, 2.75) is 0 Å². The van der Waals surface area contributed by atoms with E-state index in [2.05, 4.69) is 10.3 Å². The van der Waals surface area contributed by atoms with Crippen molar-refractivity contribution in [3.8, 4) is 34.6 Å². The summed E-state index contributed by atoms with van der Waals surface area (Å²) >= 11 is 1.33. The first-order valence-corrected chi connectivity index (χ1v) is 8.87. The highest BCUT2D eigenvalue weighted by molar-refractivity contribution is 7.14. The number of ether oxygens (including phenoxy) is 3. The van der Waals surface area contributed by atoms with Crippen molar-refractivity contribution in [1.29, 1.82) is 5.26 Å². The molecule has 0 unspecified atom stereocenters. The number of nitrogens with zero attached hydrogens (tertiary/aromatic N) is 2. The molecule has 7 nitrogen and oxygen atoms in total. The Morgan fingerprint density at radius 2 is 2.04 bits per heavy atom. The largest absolute Gasteiger partial charge is 0.484 e. The molecule has 0 radical (unpaired) electrons. The minimum absolute atomic E-state index is 0.148. The Kier molecular flexibility index (Phi) is 4.60. The van der Waals surface area contributed by atoms with Crippen molar-refractivity contribution in [2.75, 3.05) is 18.7 Å². The zero-order chi connectivity index (χ0) is 18.6. The molecule has 8 heteroatoms. The van der Waals surface area contributed by atoms with Gasteiger partial charge in [0.2, 0.25) is 6.79 Å². The standard InChI is InChI=1S/C19H13N3O4S/c20-8-12-1-4-14(5-2-12)24-9-18(23)22-19-21-15(10-27-19)13-3-6-16-17(7-13)26-11-25-16/h1-7,10H,9,11H2,(H,21,22,23). The number of fused-ring (bicyclic) bond motifs is 1. The molecule has 1 aliphatic heterocycles. The zero-order valence-electron chi connectivity index (χ0n) is 14.0. The molecule has 1 aromatic heterocycles. The molecule has 0 aliphatic carbocycles. The highest BCUT2D eigenvalue weighted by Crippen LogP contribution is 2.36. The molecule has 2 aromatic carbocycles. The lowest BCUT2D eigenvalue weighted by Crippen LogP contribution is -2.20. The van der Waals surface area contributed by atoms with Crippen LogP contribution in [0.3, 0.4) is 0 Å². The monoisotopic (exact) mass is 379 g/mol. The van der Waals surface area contributed by atoms with Gasteiger partial charge in [-0.2, -0.15) is 5.26 Å². The van der Waals surface area contributed by atoms with Gasteiger partial charge in [0.15, 0.2) is 23.2 Å². The molecule has 1 aliphatic rings. The first kappa shape index (κ1) is 16.9. The van der Waals surface area contributed by atoms with Crippen LogP contribution in [-0.2, 0) is 4.79 Å². The highest BCUT2D eigenvalue weighted by atomic mass is 32.1. The van der Waals surface area contributed by atoms with E-state index in [0.29, 0.717) is 27.9 Å². The minimum Gasteiger partial charge on any atom is -0.484 e. The van der Waals surface area contributed by atoms with Gasteiger partial charge in [-0.05, 0) is 42.5 Å². The SMILES string of the molecule is N#Cc1ccc(OCC(=O)Nc2nc(-c3ccc4c(c3)OCO4)cs2)cc1. The summed E-state index contributed by atoms with van der Waals surface area (Å²) < 4.78 is 16.1. The maximum absolute atomic E-state index is 12.0. The van der Waals surface area contributed by atoms with Gasteiger partial charge >= 0.3 is 0 Å². The van der Waals surface area contributed by atoms with E-state index in [0.717, 1.165) is 11.3 Å². The average molecular weight is 379 g/mol. The summed E-state index contributed by atoms with van der Waals surface area (Å²) in [5.74, 6) is 1.60. The number of nitrogens with one attached hydrogen (secondary N) is 1. The Balaban J connectivity index is 1.36. The van der Waals surface area contributed by atoms with Crippen LogP contribution < -0.4 is 19.5 Å². The quantitative estimate of drug-likeness (QED) is 0.730. The Morgan fingerprint density at radius 3 is 2.85 bits per heavy atom. The number of hydrogen-bond acceptors (Lipinski definition) is 7. The first-order chi connectivity index (χ1) is 13.2. The van der Waals surface area contributed by atoms with E-state index < -0.39 is 0 Å². The molecular weight excluding hydrogens is 366 g/mol. The van der Waals surface area contributed by atoms with Crippen LogP contribution in [0, 0.1) is 11.3 Å². The maximum atomic E-state index is 12.0. The van der Waals surface area contributed by atoms with Gasteiger partial charge in [-0.15, -0.1) is 11.3 Å². The highest BCUT2D eigenvalue weighted by Gasteiger charge is 2.15. The molecule has 0 saturated heterocycles. The molecule has 27 heavy (non-hydrogen) atoms. The molecule has 1 N–H and O–H groups in total. The van der Waals surface area contributed by atoms with Crippen LogP contribution in [0.4, 0.5) is 5.13 Å². The van der Waals surface area contributed by atoms with Gasteiger partial charge in [0.25, 0.3) is 5.91 Å². The van der Waals surface area contributed by atoms with E-state index >= 15 is 0 Å². The van der Waals surface area contributed by atoms with Crippen LogP contribution >= 0.6 is 11.3 Å². The number of aromatic nitrogens is 1. The Labute approximate surface area is 158 Å². The van der Waals surface area contributed by atoms with Crippen molar-refractivity contribution in [2.24, 2.45) is 0 Å². The summed E-state index contributed by atoms with van der Waals surface area (Å²) in [7, 11) is 0. The van der Waals surface area contributed by atoms with Crippen molar-refractivity contribution in [1.82, 2.24) is 4.98 Å². The minimum atomic E-state index is -0.314. The van der Waals surface area contributed by atoms with Crippen LogP contribution in [0.5, 0.6) is 17.2 Å². The number of rotatable bonds is 5. The molecule has 4 rings (SSSR count). The average Bonchev–Trinajstić information content (AvgIpc) is 3.35. The summed E-state index contributed by atoms with van der Waals surface area (Å²) in [6.07, 6.45) is 0. The summed E-state index contributed by atoms with van der Waals surface area (Å²) in [5, 5.41) is 13.8. The first-order valence-electron chi connectivity index (χ1n) is 7.99. The van der Waals surface area contributed by atoms with Gasteiger partial charge in [0, 0.05) is 10.9 Å². The molecule has 2 heterocycles. The number of carbonyl (C=O) groups excluding carboxylic acids is 1. The summed E-state index contributed by atoms with van der Waals surface area (Å²) in [5.41, 5.74) is 2.15. The summed E-state index contributed by atoms with van der Waals surface area (Å²) in [4.78, 5) is 16.5. The fourth-order valence-corrected chi connectivity index (χ4v) is 3.19. The third-order valence-electron chi connectivity index (χ3n) is 3.77. The Morgan fingerprint density at radius 1 is 1.22 bits per heavy atom. The molecule has 0 fully saturated rings.